The molecule has 180 valence electrons. The van der Waals surface area contributed by atoms with E-state index in [1.54, 1.807) is 30.3 Å². The first-order chi connectivity index (χ1) is 16.2. The van der Waals surface area contributed by atoms with Crippen LogP contribution in [-0.4, -0.2) is 50.1 Å². The fraction of sp³-hybridized carbons (Fsp3) is 0.292. The number of hydrogen-bond acceptors (Lipinski definition) is 5. The molecule has 10 heteroatoms. The Morgan fingerprint density at radius 3 is 2.24 bits per heavy atom. The smallest absolute Gasteiger partial charge is 0.251 e. The normalized spacial score (nSPS) is 15.2. The van der Waals surface area contributed by atoms with Crippen molar-refractivity contribution in [3.8, 4) is 0 Å². The van der Waals surface area contributed by atoms with Gasteiger partial charge in [0.05, 0.1) is 6.54 Å². The van der Waals surface area contributed by atoms with E-state index in [1.807, 2.05) is 30.3 Å². The number of primary amides is 1. The van der Waals surface area contributed by atoms with Crippen LogP contribution in [0.25, 0.3) is 6.08 Å². The zero-order valence-corrected chi connectivity index (χ0v) is 19.5. The maximum absolute atomic E-state index is 12.6. The highest BCUT2D eigenvalue weighted by Gasteiger charge is 2.29. The Balaban J connectivity index is 1.45. The molecule has 0 saturated carbocycles. The van der Waals surface area contributed by atoms with E-state index in [0.717, 1.165) is 11.1 Å². The second-order valence-corrected chi connectivity index (χ2v) is 9.81. The minimum atomic E-state index is -3.54. The van der Waals surface area contributed by atoms with Gasteiger partial charge in [-0.3, -0.25) is 14.4 Å². The van der Waals surface area contributed by atoms with Crippen LogP contribution in [-0.2, 0) is 26.2 Å². The average Bonchev–Trinajstić information content (AvgIpc) is 2.85. The van der Waals surface area contributed by atoms with E-state index in [9.17, 15) is 22.8 Å². The molecule has 0 unspecified atom stereocenters. The molecule has 3 amide bonds. The van der Waals surface area contributed by atoms with E-state index in [0.29, 0.717) is 24.9 Å². The molecule has 0 aromatic heterocycles. The van der Waals surface area contributed by atoms with Crippen molar-refractivity contribution < 1.29 is 22.8 Å². The molecule has 1 aliphatic heterocycles. The summed E-state index contributed by atoms with van der Waals surface area (Å²) < 4.78 is 26.6. The second-order valence-electron chi connectivity index (χ2n) is 8.00. The highest BCUT2D eigenvalue weighted by molar-refractivity contribution is 7.92. The SMILES string of the molecule is NC(=O)CNC(=O)c1ccc(CNC(=O)C2CCN(S(=O)(=O)C=Cc3ccccc3)CC2)cc1. The lowest BCUT2D eigenvalue weighted by molar-refractivity contribution is -0.126. The fourth-order valence-electron chi connectivity index (χ4n) is 3.56. The van der Waals surface area contributed by atoms with Gasteiger partial charge in [0.1, 0.15) is 0 Å². The van der Waals surface area contributed by atoms with Crippen molar-refractivity contribution in [3.05, 3.63) is 76.7 Å². The van der Waals surface area contributed by atoms with Crippen molar-refractivity contribution in [1.82, 2.24) is 14.9 Å². The number of benzene rings is 2. The van der Waals surface area contributed by atoms with Crippen LogP contribution in [0.4, 0.5) is 0 Å². The molecule has 4 N–H and O–H groups in total. The molecule has 2 aromatic rings. The highest BCUT2D eigenvalue weighted by Crippen LogP contribution is 2.21. The minimum Gasteiger partial charge on any atom is -0.368 e. The van der Waals surface area contributed by atoms with Gasteiger partial charge in [-0.05, 0) is 42.2 Å². The molecular weight excluding hydrogens is 456 g/mol. The first kappa shape index (κ1) is 25.1. The van der Waals surface area contributed by atoms with E-state index < -0.39 is 21.8 Å². The number of carbonyl (C=O) groups is 3. The molecule has 1 fully saturated rings. The van der Waals surface area contributed by atoms with Gasteiger partial charge in [0.2, 0.25) is 21.8 Å². The number of rotatable bonds is 9. The second kappa shape index (κ2) is 11.6. The third kappa shape index (κ3) is 7.26. The highest BCUT2D eigenvalue weighted by atomic mass is 32.2. The van der Waals surface area contributed by atoms with Crippen LogP contribution in [0.15, 0.2) is 60.0 Å². The summed E-state index contributed by atoms with van der Waals surface area (Å²) in [7, 11) is -3.54. The molecule has 1 aliphatic rings. The Labute approximate surface area is 199 Å². The number of carbonyl (C=O) groups excluding carboxylic acids is 3. The molecule has 0 bridgehead atoms. The number of nitrogens with one attached hydrogen (secondary N) is 2. The van der Waals surface area contributed by atoms with Gasteiger partial charge in [-0.2, -0.15) is 4.31 Å². The van der Waals surface area contributed by atoms with E-state index >= 15 is 0 Å². The molecule has 3 rings (SSSR count). The van der Waals surface area contributed by atoms with Crippen molar-refractivity contribution in [2.45, 2.75) is 19.4 Å². The number of hydrogen-bond donors (Lipinski definition) is 3. The first-order valence-electron chi connectivity index (χ1n) is 10.9. The van der Waals surface area contributed by atoms with Crippen molar-refractivity contribution in [3.63, 3.8) is 0 Å². The molecule has 1 saturated heterocycles. The van der Waals surface area contributed by atoms with Crippen LogP contribution in [0.1, 0.15) is 34.3 Å². The van der Waals surface area contributed by atoms with E-state index in [2.05, 4.69) is 10.6 Å². The average molecular weight is 485 g/mol. The Hall–Kier alpha value is -3.50. The summed E-state index contributed by atoms with van der Waals surface area (Å²) in [5.41, 5.74) is 7.00. The van der Waals surface area contributed by atoms with Crippen molar-refractivity contribution in [2.24, 2.45) is 11.7 Å². The molecule has 9 nitrogen and oxygen atoms in total. The topological polar surface area (TPSA) is 139 Å². The zero-order chi connectivity index (χ0) is 24.6. The summed E-state index contributed by atoms with van der Waals surface area (Å²) in [6.07, 6.45) is 2.47. The van der Waals surface area contributed by atoms with Gasteiger partial charge in [0, 0.05) is 36.5 Å². The number of nitrogens with zero attached hydrogens (tertiary/aromatic N) is 1. The van der Waals surface area contributed by atoms with E-state index in [-0.39, 0.29) is 31.5 Å². The number of nitrogens with two attached hydrogens (primary N) is 1. The summed E-state index contributed by atoms with van der Waals surface area (Å²) in [6.45, 7) is 0.629. The lowest BCUT2D eigenvalue weighted by Gasteiger charge is -2.29. The Bertz CT molecular complexity index is 1140. The van der Waals surface area contributed by atoms with Crippen molar-refractivity contribution in [1.29, 1.82) is 0 Å². The summed E-state index contributed by atoms with van der Waals surface area (Å²) in [5.74, 6) is -1.42. The van der Waals surface area contributed by atoms with Gasteiger partial charge in [0.15, 0.2) is 0 Å². The van der Waals surface area contributed by atoms with Crippen LogP contribution in [0.3, 0.4) is 0 Å². The van der Waals surface area contributed by atoms with E-state index in [4.69, 9.17) is 5.73 Å². The molecule has 0 spiro atoms. The lowest BCUT2D eigenvalue weighted by Crippen LogP contribution is -2.42. The Kier molecular flexibility index (Phi) is 8.55. The largest absolute Gasteiger partial charge is 0.368 e. The number of sulfonamides is 1. The molecule has 34 heavy (non-hydrogen) atoms. The molecular formula is C24H28N4O5S. The van der Waals surface area contributed by atoms with Gasteiger partial charge in [-0.25, -0.2) is 8.42 Å². The van der Waals surface area contributed by atoms with E-state index in [1.165, 1.54) is 9.71 Å². The van der Waals surface area contributed by atoms with Crippen LogP contribution in [0.2, 0.25) is 0 Å². The summed E-state index contributed by atoms with van der Waals surface area (Å²) in [4.78, 5) is 35.2. The van der Waals surface area contributed by atoms with Gasteiger partial charge >= 0.3 is 0 Å². The lowest BCUT2D eigenvalue weighted by atomic mass is 9.97. The van der Waals surface area contributed by atoms with Crippen LogP contribution < -0.4 is 16.4 Å². The number of piperidine rings is 1. The zero-order valence-electron chi connectivity index (χ0n) is 18.6. The Morgan fingerprint density at radius 2 is 1.62 bits per heavy atom. The standard InChI is InChI=1S/C24H28N4O5S/c25-22(29)17-27-23(30)20-8-6-19(7-9-20)16-26-24(31)21-10-13-28(14-11-21)34(32,33)15-12-18-4-2-1-3-5-18/h1-9,12,15,21H,10-11,13-14,16-17H2,(H2,25,29)(H,26,31)(H,27,30). The molecule has 1 heterocycles. The monoisotopic (exact) mass is 484 g/mol. The molecule has 2 aromatic carbocycles. The Morgan fingerprint density at radius 1 is 0.971 bits per heavy atom. The van der Waals surface area contributed by atoms with Crippen LogP contribution >= 0.6 is 0 Å². The van der Waals surface area contributed by atoms with Gasteiger partial charge < -0.3 is 16.4 Å². The maximum Gasteiger partial charge on any atom is 0.251 e. The van der Waals surface area contributed by atoms with Crippen LogP contribution in [0, 0.1) is 5.92 Å². The third-order valence-corrected chi connectivity index (χ3v) is 7.09. The fourth-order valence-corrected chi connectivity index (χ4v) is 4.79. The maximum atomic E-state index is 12.6. The summed E-state index contributed by atoms with van der Waals surface area (Å²) in [6, 6.07) is 15.8. The van der Waals surface area contributed by atoms with Gasteiger partial charge in [-0.15, -0.1) is 0 Å². The summed E-state index contributed by atoms with van der Waals surface area (Å²) >= 11 is 0. The molecule has 0 radical (unpaired) electrons. The number of amides is 3. The van der Waals surface area contributed by atoms with Crippen molar-refractivity contribution in [2.75, 3.05) is 19.6 Å². The minimum absolute atomic E-state index is 0.125. The quantitative estimate of drug-likeness (QED) is 0.491. The van der Waals surface area contributed by atoms with Gasteiger partial charge in [0.25, 0.3) is 5.91 Å². The predicted octanol–water partition coefficient (Wildman–Crippen LogP) is 1.23. The third-order valence-electron chi connectivity index (χ3n) is 5.52. The molecule has 0 aliphatic carbocycles. The van der Waals surface area contributed by atoms with Crippen LogP contribution in [0.5, 0.6) is 0 Å². The first-order valence-corrected chi connectivity index (χ1v) is 12.4. The summed E-state index contributed by atoms with van der Waals surface area (Å²) in [5, 5.41) is 6.49. The van der Waals surface area contributed by atoms with Gasteiger partial charge in [-0.1, -0.05) is 42.5 Å². The molecule has 0 atom stereocenters. The predicted molar refractivity (Wildman–Crippen MR) is 129 cm³/mol. The van der Waals surface area contributed by atoms with Crippen molar-refractivity contribution >= 4 is 33.8 Å².